The van der Waals surface area contributed by atoms with Crippen molar-refractivity contribution in [1.82, 2.24) is 9.88 Å². The summed E-state index contributed by atoms with van der Waals surface area (Å²) in [6.07, 6.45) is 3.23. The number of carbonyl (C=O) groups is 2. The van der Waals surface area contributed by atoms with E-state index in [0.29, 0.717) is 29.4 Å². The van der Waals surface area contributed by atoms with E-state index in [1.165, 1.54) is 25.2 Å². The highest BCUT2D eigenvalue weighted by Gasteiger charge is 2.46. The van der Waals surface area contributed by atoms with Crippen molar-refractivity contribution >= 4 is 40.7 Å². The quantitative estimate of drug-likeness (QED) is 0.189. The minimum atomic E-state index is -0.947. The number of aliphatic hydroxyl groups is 1. The molecule has 8 nitrogen and oxygen atoms in total. The number of halogens is 2. The maximum Gasteiger partial charge on any atom is 0.295 e. The fourth-order valence-electron chi connectivity index (χ4n) is 4.41. The van der Waals surface area contributed by atoms with Gasteiger partial charge in [0.05, 0.1) is 43.0 Å². The molecular weight excluding hydrogens is 543 g/mol. The lowest BCUT2D eigenvalue weighted by Gasteiger charge is -2.26. The van der Waals surface area contributed by atoms with Crippen LogP contribution in [-0.2, 0) is 16.1 Å². The first-order valence-electron chi connectivity index (χ1n) is 12.2. The van der Waals surface area contributed by atoms with Gasteiger partial charge in [0.1, 0.15) is 16.5 Å². The van der Waals surface area contributed by atoms with E-state index in [1.807, 2.05) is 13.8 Å². The van der Waals surface area contributed by atoms with Gasteiger partial charge in [0.2, 0.25) is 0 Å². The highest BCUT2D eigenvalue weighted by atomic mass is 35.5. The number of methoxy groups -OCH3 is 2. The third-order valence-corrected chi connectivity index (χ3v) is 6.79. The van der Waals surface area contributed by atoms with Gasteiger partial charge in [-0.1, -0.05) is 55.2 Å². The summed E-state index contributed by atoms with van der Waals surface area (Å²) in [7, 11) is 2.75. The van der Waals surface area contributed by atoms with Crippen LogP contribution >= 0.6 is 23.2 Å². The van der Waals surface area contributed by atoms with E-state index in [9.17, 15) is 14.7 Å². The fraction of sp³-hybridized carbons (Fsp3) is 0.276. The van der Waals surface area contributed by atoms with Gasteiger partial charge >= 0.3 is 0 Å². The lowest BCUT2D eigenvalue weighted by Crippen LogP contribution is -2.29. The van der Waals surface area contributed by atoms with E-state index >= 15 is 0 Å². The molecule has 1 aliphatic heterocycles. The summed E-state index contributed by atoms with van der Waals surface area (Å²) in [5.41, 5.74) is 1.20. The van der Waals surface area contributed by atoms with Gasteiger partial charge in [0.25, 0.3) is 11.7 Å². The number of aliphatic hydroxyl groups excluding tert-OH is 1. The summed E-state index contributed by atoms with van der Waals surface area (Å²) in [6.45, 7) is 4.63. The molecule has 0 bridgehead atoms. The van der Waals surface area contributed by atoms with Crippen LogP contribution in [0, 0.1) is 5.92 Å². The Balaban J connectivity index is 1.92. The minimum Gasteiger partial charge on any atom is -0.507 e. The van der Waals surface area contributed by atoms with Gasteiger partial charge in [-0.3, -0.25) is 14.6 Å². The Morgan fingerprint density at radius 3 is 2.46 bits per heavy atom. The van der Waals surface area contributed by atoms with Crippen LogP contribution in [0.25, 0.3) is 5.76 Å². The van der Waals surface area contributed by atoms with Crippen molar-refractivity contribution in [3.63, 3.8) is 0 Å². The summed E-state index contributed by atoms with van der Waals surface area (Å²) in [6, 6.07) is 11.1. The van der Waals surface area contributed by atoms with Crippen molar-refractivity contribution < 1.29 is 28.9 Å². The molecule has 2 heterocycles. The molecule has 1 fully saturated rings. The van der Waals surface area contributed by atoms with Crippen LogP contribution in [0.1, 0.15) is 36.6 Å². The van der Waals surface area contributed by atoms with Crippen LogP contribution in [0.15, 0.2) is 60.4 Å². The molecule has 0 spiro atoms. The zero-order valence-corrected chi connectivity index (χ0v) is 23.4. The molecule has 1 N–H and O–H groups in total. The van der Waals surface area contributed by atoms with Gasteiger partial charge < -0.3 is 24.2 Å². The van der Waals surface area contributed by atoms with Gasteiger partial charge in [-0.05, 0) is 41.3 Å². The topological polar surface area (TPSA) is 98.2 Å². The molecule has 0 radical (unpaired) electrons. The second-order valence-corrected chi connectivity index (χ2v) is 10.1. The molecule has 1 amide bonds. The zero-order chi connectivity index (χ0) is 28.3. The van der Waals surface area contributed by atoms with Crippen molar-refractivity contribution in [2.45, 2.75) is 26.4 Å². The third-order valence-electron chi connectivity index (χ3n) is 6.17. The zero-order valence-electron chi connectivity index (χ0n) is 21.9. The molecule has 4 rings (SSSR count). The summed E-state index contributed by atoms with van der Waals surface area (Å²) >= 11 is 12.8. The molecule has 0 saturated carbocycles. The Morgan fingerprint density at radius 1 is 1.08 bits per heavy atom. The number of nitrogens with zero attached hydrogens (tertiary/aromatic N) is 2. The Hall–Kier alpha value is -3.75. The maximum absolute atomic E-state index is 13.5. The summed E-state index contributed by atoms with van der Waals surface area (Å²) in [5, 5.41) is 11.7. The highest BCUT2D eigenvalue weighted by molar-refractivity contribution is 6.47. The number of benzene rings is 2. The van der Waals surface area contributed by atoms with Crippen LogP contribution in [0.4, 0.5) is 0 Å². The van der Waals surface area contributed by atoms with Crippen molar-refractivity contribution in [2.75, 3.05) is 20.8 Å². The van der Waals surface area contributed by atoms with E-state index in [-0.39, 0.29) is 39.2 Å². The molecule has 3 aromatic rings. The van der Waals surface area contributed by atoms with Crippen LogP contribution in [-0.4, -0.2) is 47.5 Å². The van der Waals surface area contributed by atoms with E-state index in [2.05, 4.69) is 4.98 Å². The average molecular weight is 571 g/mol. The van der Waals surface area contributed by atoms with Gasteiger partial charge in [0, 0.05) is 18.9 Å². The molecular formula is C29H28Cl2N2O6. The predicted molar refractivity (Wildman–Crippen MR) is 148 cm³/mol. The smallest absolute Gasteiger partial charge is 0.295 e. The standard InChI is InChI=1S/C29H28Cl2N2O6/c1-16(2)15-39-19-9-5-8-18(11-19)24-22(26(35)29(36)33(24)14-17-7-6-10-32-13-17)25(34)20-12-21(30)28(38-4)23(31)27(20)37-3/h5-13,16,24,34H,14-15H2,1-4H3/b25-22+. The molecule has 204 valence electrons. The number of ether oxygens (including phenoxy) is 3. The van der Waals surface area contributed by atoms with Crippen molar-refractivity contribution in [3.8, 4) is 17.2 Å². The van der Waals surface area contributed by atoms with E-state index in [0.717, 1.165) is 0 Å². The first-order chi connectivity index (χ1) is 18.7. The number of hydrogen-bond acceptors (Lipinski definition) is 7. The van der Waals surface area contributed by atoms with Gasteiger partial charge in [-0.15, -0.1) is 0 Å². The van der Waals surface area contributed by atoms with Gasteiger partial charge in [0.15, 0.2) is 11.5 Å². The van der Waals surface area contributed by atoms with Gasteiger partial charge in [-0.2, -0.15) is 0 Å². The van der Waals surface area contributed by atoms with Crippen molar-refractivity contribution in [2.24, 2.45) is 5.92 Å². The number of rotatable bonds is 9. The average Bonchev–Trinajstić information content (AvgIpc) is 3.17. The molecule has 0 aliphatic carbocycles. The van der Waals surface area contributed by atoms with Crippen LogP contribution in [0.5, 0.6) is 17.2 Å². The van der Waals surface area contributed by atoms with E-state index < -0.39 is 23.5 Å². The second-order valence-electron chi connectivity index (χ2n) is 9.35. The van der Waals surface area contributed by atoms with Crippen LogP contribution < -0.4 is 14.2 Å². The van der Waals surface area contributed by atoms with E-state index in [4.69, 9.17) is 37.4 Å². The lowest BCUT2D eigenvalue weighted by molar-refractivity contribution is -0.140. The first-order valence-corrected chi connectivity index (χ1v) is 12.9. The predicted octanol–water partition coefficient (Wildman–Crippen LogP) is 6.06. The summed E-state index contributed by atoms with van der Waals surface area (Å²) in [5.74, 6) is -1.06. The Morgan fingerprint density at radius 2 is 1.82 bits per heavy atom. The molecule has 10 heteroatoms. The molecule has 1 unspecified atom stereocenters. The highest BCUT2D eigenvalue weighted by Crippen LogP contribution is 2.47. The third kappa shape index (κ3) is 5.67. The fourth-order valence-corrected chi connectivity index (χ4v) is 5.09. The number of ketones is 1. The Kier molecular flexibility index (Phi) is 8.67. The number of carbonyl (C=O) groups excluding carboxylic acids is 2. The van der Waals surface area contributed by atoms with Crippen molar-refractivity contribution in [1.29, 1.82) is 0 Å². The Bertz CT molecular complexity index is 1420. The summed E-state index contributed by atoms with van der Waals surface area (Å²) in [4.78, 5) is 32.4. The van der Waals surface area contributed by atoms with Crippen LogP contribution in [0.3, 0.4) is 0 Å². The number of Topliss-reactive ketones (excluding diaryl/α,β-unsaturated/α-hetero) is 1. The van der Waals surface area contributed by atoms with Crippen LogP contribution in [0.2, 0.25) is 10.0 Å². The molecule has 1 saturated heterocycles. The molecule has 1 aromatic heterocycles. The lowest BCUT2D eigenvalue weighted by atomic mass is 9.94. The minimum absolute atomic E-state index is 0.0132. The molecule has 1 aliphatic rings. The number of amides is 1. The number of pyridine rings is 1. The normalized spacial score (nSPS) is 16.6. The second kappa shape index (κ2) is 12.0. The maximum atomic E-state index is 13.5. The Labute approximate surface area is 236 Å². The molecule has 2 aromatic carbocycles. The number of hydrogen-bond donors (Lipinski definition) is 1. The summed E-state index contributed by atoms with van der Waals surface area (Å²) < 4.78 is 16.6. The monoisotopic (exact) mass is 570 g/mol. The molecule has 39 heavy (non-hydrogen) atoms. The largest absolute Gasteiger partial charge is 0.507 e. The first kappa shape index (κ1) is 28.3. The number of likely N-dealkylation sites (tertiary alicyclic amines) is 1. The van der Waals surface area contributed by atoms with E-state index in [1.54, 1.807) is 48.8 Å². The SMILES string of the molecule is COc1c(Cl)cc(/C(O)=C2\C(=O)C(=O)N(Cc3cccnc3)C2c2cccc(OCC(C)C)c2)c(OC)c1Cl. The number of aromatic nitrogens is 1. The molecule has 1 atom stereocenters. The van der Waals surface area contributed by atoms with Gasteiger partial charge in [-0.25, -0.2) is 0 Å². The van der Waals surface area contributed by atoms with Crippen molar-refractivity contribution in [3.05, 3.63) is 87.2 Å².